The number of anilines is 2. The molecule has 21 heavy (non-hydrogen) atoms. The minimum Gasteiger partial charge on any atom is -0.333 e. The molecule has 2 aromatic rings. The maximum atomic E-state index is 11.1. The van der Waals surface area contributed by atoms with E-state index in [1.807, 2.05) is 0 Å². The number of hydrogen-bond donors (Lipinski definition) is 1. The molecule has 0 radical (unpaired) electrons. The Kier molecular flexibility index (Phi) is 4.51. The zero-order valence-electron chi connectivity index (χ0n) is 10.9. The van der Waals surface area contributed by atoms with E-state index in [2.05, 4.69) is 15.3 Å². The fraction of sp³-hybridized carbons (Fsp3) is 0.167. The van der Waals surface area contributed by atoms with Crippen LogP contribution in [-0.4, -0.2) is 14.9 Å². The van der Waals surface area contributed by atoms with Gasteiger partial charge in [0.1, 0.15) is 5.69 Å². The highest BCUT2D eigenvalue weighted by molar-refractivity contribution is 6.36. The second kappa shape index (κ2) is 6.01. The van der Waals surface area contributed by atoms with Crippen LogP contribution in [0.3, 0.4) is 0 Å². The van der Waals surface area contributed by atoms with Gasteiger partial charge in [-0.05, 0) is 43.1 Å². The average Bonchev–Trinajstić information content (AvgIpc) is 2.34. The van der Waals surface area contributed by atoms with E-state index in [1.54, 1.807) is 19.1 Å². The summed E-state index contributed by atoms with van der Waals surface area (Å²) in [6.07, 6.45) is 0. The number of hydrogen-bond acceptors (Lipinski definition) is 5. The van der Waals surface area contributed by atoms with Crippen molar-refractivity contribution in [1.29, 1.82) is 0 Å². The molecule has 9 heteroatoms. The Balaban J connectivity index is 2.54. The summed E-state index contributed by atoms with van der Waals surface area (Å²) < 4.78 is 0. The molecule has 0 aliphatic carbocycles. The first-order valence-electron chi connectivity index (χ1n) is 5.70. The Morgan fingerprint density at radius 1 is 1.14 bits per heavy atom. The normalized spacial score (nSPS) is 10.5. The van der Waals surface area contributed by atoms with Crippen LogP contribution in [0.25, 0.3) is 0 Å². The third kappa shape index (κ3) is 3.34. The van der Waals surface area contributed by atoms with Gasteiger partial charge in [-0.25, -0.2) is 4.98 Å². The number of benzene rings is 1. The minimum absolute atomic E-state index is 0.0423. The highest BCUT2D eigenvalue weighted by Gasteiger charge is 2.22. The van der Waals surface area contributed by atoms with Crippen molar-refractivity contribution in [2.24, 2.45) is 0 Å². The molecular weight excluding hydrogens is 339 g/mol. The number of aromatic nitrogens is 2. The summed E-state index contributed by atoms with van der Waals surface area (Å²) in [7, 11) is 0. The molecule has 0 spiro atoms. The van der Waals surface area contributed by atoms with Crippen LogP contribution in [-0.2, 0) is 0 Å². The second-order valence-electron chi connectivity index (χ2n) is 4.24. The molecule has 2 rings (SSSR count). The summed E-state index contributed by atoms with van der Waals surface area (Å²) in [5.41, 5.74) is 1.06. The van der Waals surface area contributed by atoms with E-state index in [0.717, 1.165) is 5.56 Å². The van der Waals surface area contributed by atoms with Crippen molar-refractivity contribution in [1.82, 2.24) is 9.97 Å². The van der Waals surface area contributed by atoms with Crippen molar-refractivity contribution in [3.8, 4) is 0 Å². The summed E-state index contributed by atoms with van der Waals surface area (Å²) in [5, 5.41) is 14.6. The predicted octanol–water partition coefficient (Wildman–Crippen LogP) is 4.71. The molecule has 1 N–H and O–H groups in total. The van der Waals surface area contributed by atoms with Gasteiger partial charge in [0.15, 0.2) is 0 Å². The van der Waals surface area contributed by atoms with Crippen LogP contribution in [0.1, 0.15) is 11.3 Å². The highest BCUT2D eigenvalue weighted by Crippen LogP contribution is 2.34. The lowest BCUT2D eigenvalue weighted by Crippen LogP contribution is -2.04. The number of nitrogens with one attached hydrogen (secondary N) is 1. The van der Waals surface area contributed by atoms with E-state index in [0.29, 0.717) is 15.7 Å². The quantitative estimate of drug-likeness (QED) is 0.494. The van der Waals surface area contributed by atoms with Gasteiger partial charge in [-0.15, -0.1) is 0 Å². The Bertz CT molecular complexity index is 737. The highest BCUT2D eigenvalue weighted by atomic mass is 35.5. The van der Waals surface area contributed by atoms with Crippen molar-refractivity contribution in [2.45, 2.75) is 13.8 Å². The minimum atomic E-state index is -0.586. The zero-order chi connectivity index (χ0) is 15.7. The number of nitrogens with zero attached hydrogens (tertiary/aromatic N) is 3. The van der Waals surface area contributed by atoms with Crippen molar-refractivity contribution < 1.29 is 4.92 Å². The van der Waals surface area contributed by atoms with E-state index < -0.39 is 4.92 Å². The van der Waals surface area contributed by atoms with Gasteiger partial charge in [0, 0.05) is 5.02 Å². The SMILES string of the molecule is Cc1cc(Cl)c(Nc2nc(Cl)nc(C)c2[N+](=O)[O-])cc1Cl. The lowest BCUT2D eigenvalue weighted by molar-refractivity contribution is -0.385. The van der Waals surface area contributed by atoms with Crippen LogP contribution in [0.2, 0.25) is 15.3 Å². The molecule has 0 saturated carbocycles. The summed E-state index contributed by atoms with van der Waals surface area (Å²) in [4.78, 5) is 18.2. The van der Waals surface area contributed by atoms with E-state index in [-0.39, 0.29) is 22.5 Å². The van der Waals surface area contributed by atoms with Crippen LogP contribution in [0.5, 0.6) is 0 Å². The number of nitro groups is 1. The third-order valence-electron chi connectivity index (χ3n) is 2.71. The molecule has 6 nitrogen and oxygen atoms in total. The van der Waals surface area contributed by atoms with E-state index in [9.17, 15) is 10.1 Å². The van der Waals surface area contributed by atoms with E-state index >= 15 is 0 Å². The van der Waals surface area contributed by atoms with Gasteiger partial charge in [0.2, 0.25) is 11.1 Å². The largest absolute Gasteiger partial charge is 0.333 e. The predicted molar refractivity (Wildman–Crippen MR) is 82.9 cm³/mol. The molecule has 0 unspecified atom stereocenters. The molecule has 0 fully saturated rings. The first-order chi connectivity index (χ1) is 9.79. The molecule has 0 amide bonds. The molecule has 0 atom stereocenters. The molecule has 0 bridgehead atoms. The molecule has 0 aliphatic heterocycles. The first-order valence-corrected chi connectivity index (χ1v) is 6.84. The smallest absolute Gasteiger partial charge is 0.332 e. The number of halogens is 3. The van der Waals surface area contributed by atoms with Gasteiger partial charge in [-0.2, -0.15) is 4.98 Å². The molecular formula is C12H9Cl3N4O2. The van der Waals surface area contributed by atoms with Crippen LogP contribution in [0, 0.1) is 24.0 Å². The second-order valence-corrected chi connectivity index (χ2v) is 5.39. The van der Waals surface area contributed by atoms with Crippen molar-refractivity contribution in [3.05, 3.63) is 48.8 Å². The van der Waals surface area contributed by atoms with E-state index in [1.165, 1.54) is 6.92 Å². The summed E-state index contributed by atoms with van der Waals surface area (Å²) in [6.45, 7) is 3.27. The van der Waals surface area contributed by atoms with Crippen LogP contribution >= 0.6 is 34.8 Å². The molecule has 1 heterocycles. The van der Waals surface area contributed by atoms with Gasteiger partial charge >= 0.3 is 5.69 Å². The molecule has 1 aromatic heterocycles. The van der Waals surface area contributed by atoms with Crippen LogP contribution in [0.15, 0.2) is 12.1 Å². The topological polar surface area (TPSA) is 81.0 Å². The Hall–Kier alpha value is -1.63. The van der Waals surface area contributed by atoms with Gasteiger partial charge in [-0.1, -0.05) is 23.2 Å². The molecule has 110 valence electrons. The molecule has 0 saturated heterocycles. The van der Waals surface area contributed by atoms with Crippen molar-refractivity contribution in [3.63, 3.8) is 0 Å². The fourth-order valence-corrected chi connectivity index (χ4v) is 2.35. The van der Waals surface area contributed by atoms with Gasteiger partial charge in [0.25, 0.3) is 0 Å². The first kappa shape index (κ1) is 15.8. The third-order valence-corrected chi connectivity index (χ3v) is 3.60. The van der Waals surface area contributed by atoms with Gasteiger partial charge in [-0.3, -0.25) is 10.1 Å². The van der Waals surface area contributed by atoms with Crippen LogP contribution in [0.4, 0.5) is 17.2 Å². The maximum Gasteiger partial charge on any atom is 0.332 e. The average molecular weight is 348 g/mol. The molecule has 1 aromatic carbocycles. The Labute approximate surface area is 135 Å². The zero-order valence-corrected chi connectivity index (χ0v) is 13.2. The van der Waals surface area contributed by atoms with Crippen LogP contribution < -0.4 is 5.32 Å². The molecule has 0 aliphatic rings. The van der Waals surface area contributed by atoms with Gasteiger partial charge in [0.05, 0.1) is 15.6 Å². The van der Waals surface area contributed by atoms with Crippen molar-refractivity contribution in [2.75, 3.05) is 5.32 Å². The monoisotopic (exact) mass is 346 g/mol. The van der Waals surface area contributed by atoms with Gasteiger partial charge < -0.3 is 5.32 Å². The number of rotatable bonds is 3. The lowest BCUT2D eigenvalue weighted by atomic mass is 10.2. The summed E-state index contributed by atoms with van der Waals surface area (Å²) in [6, 6.07) is 3.21. The van der Waals surface area contributed by atoms with E-state index in [4.69, 9.17) is 34.8 Å². The summed E-state index contributed by atoms with van der Waals surface area (Å²) in [5.74, 6) is -0.0423. The summed E-state index contributed by atoms with van der Waals surface area (Å²) >= 11 is 17.9. The van der Waals surface area contributed by atoms with Crippen molar-refractivity contribution >= 4 is 52.0 Å². The maximum absolute atomic E-state index is 11.1. The Morgan fingerprint density at radius 3 is 2.43 bits per heavy atom. The fourth-order valence-electron chi connectivity index (χ4n) is 1.71. The lowest BCUT2D eigenvalue weighted by Gasteiger charge is -2.11. The standard InChI is InChI=1S/C12H9Cl3N4O2/c1-5-3-8(14)9(4-7(5)13)17-11-10(19(20)21)6(2)16-12(15)18-11/h3-4H,1-2H3,(H,16,17,18). The number of aryl methyl sites for hydroxylation is 2. The Morgan fingerprint density at radius 2 is 1.81 bits per heavy atom.